The van der Waals surface area contributed by atoms with Gasteiger partial charge in [0.1, 0.15) is 6.04 Å². The minimum Gasteiger partial charge on any atom is -0.480 e. The van der Waals surface area contributed by atoms with Crippen molar-refractivity contribution in [1.82, 2.24) is 5.32 Å². The Hall–Kier alpha value is -1.59. The summed E-state index contributed by atoms with van der Waals surface area (Å²) in [6.07, 6.45) is 0.196. The van der Waals surface area contributed by atoms with Gasteiger partial charge in [0.2, 0.25) is 5.91 Å². The lowest BCUT2D eigenvalue weighted by atomic mass is 10.1. The van der Waals surface area contributed by atoms with E-state index in [2.05, 4.69) is 5.32 Å². The molecule has 18 heavy (non-hydrogen) atoms. The Labute approximate surface area is 110 Å². The Morgan fingerprint density at radius 1 is 1.39 bits per heavy atom. The van der Waals surface area contributed by atoms with Crippen LogP contribution < -0.4 is 11.1 Å². The number of benzene rings is 1. The summed E-state index contributed by atoms with van der Waals surface area (Å²) in [5.74, 6) is -1.52. The Morgan fingerprint density at radius 3 is 2.61 bits per heavy atom. The second-order valence-corrected chi connectivity index (χ2v) is 4.28. The summed E-state index contributed by atoms with van der Waals surface area (Å²) in [6.45, 7) is 0.329. The molecule has 0 saturated heterocycles. The van der Waals surface area contributed by atoms with Crippen LogP contribution in [0.15, 0.2) is 24.3 Å². The highest BCUT2D eigenvalue weighted by Crippen LogP contribution is 2.14. The minimum atomic E-state index is -1.01. The van der Waals surface area contributed by atoms with Gasteiger partial charge in [-0.2, -0.15) is 0 Å². The van der Waals surface area contributed by atoms with Gasteiger partial charge in [0.25, 0.3) is 0 Å². The first-order chi connectivity index (χ1) is 8.50. The van der Waals surface area contributed by atoms with Crippen molar-refractivity contribution in [2.45, 2.75) is 25.4 Å². The number of carbonyl (C=O) groups is 2. The maximum atomic E-state index is 11.0. The Morgan fingerprint density at radius 2 is 2.06 bits per heavy atom. The molecule has 1 amide bonds. The predicted molar refractivity (Wildman–Crippen MR) is 68.1 cm³/mol. The third kappa shape index (κ3) is 4.73. The first kappa shape index (κ1) is 14.5. The van der Waals surface area contributed by atoms with E-state index in [4.69, 9.17) is 22.4 Å². The van der Waals surface area contributed by atoms with Crippen molar-refractivity contribution < 1.29 is 14.7 Å². The molecule has 0 saturated carbocycles. The SMILES string of the molecule is NC(=O)CCC(NCc1ccccc1Cl)C(=O)O. The van der Waals surface area contributed by atoms with Crippen molar-refractivity contribution >= 4 is 23.5 Å². The van der Waals surface area contributed by atoms with Crippen LogP contribution in [-0.4, -0.2) is 23.0 Å². The van der Waals surface area contributed by atoms with Gasteiger partial charge in [-0.3, -0.25) is 9.59 Å². The number of carbonyl (C=O) groups excluding carboxylic acids is 1. The molecule has 0 bridgehead atoms. The molecule has 98 valence electrons. The summed E-state index contributed by atoms with van der Waals surface area (Å²) in [5, 5.41) is 12.4. The summed E-state index contributed by atoms with van der Waals surface area (Å²) in [5.41, 5.74) is 5.80. The van der Waals surface area contributed by atoms with Crippen molar-refractivity contribution in [3.8, 4) is 0 Å². The van der Waals surface area contributed by atoms with E-state index in [-0.39, 0.29) is 12.8 Å². The Balaban J connectivity index is 2.55. The molecule has 4 N–H and O–H groups in total. The van der Waals surface area contributed by atoms with Gasteiger partial charge in [-0.05, 0) is 18.1 Å². The highest BCUT2D eigenvalue weighted by atomic mass is 35.5. The third-order valence-corrected chi connectivity index (χ3v) is 2.84. The summed E-state index contributed by atoms with van der Waals surface area (Å²) in [7, 11) is 0. The lowest BCUT2D eigenvalue weighted by Crippen LogP contribution is -2.37. The summed E-state index contributed by atoms with van der Waals surface area (Å²) >= 11 is 5.95. The molecular formula is C12H15ClN2O3. The lowest BCUT2D eigenvalue weighted by Gasteiger charge is -2.14. The van der Waals surface area contributed by atoms with Crippen molar-refractivity contribution in [2.24, 2.45) is 5.73 Å². The normalized spacial score (nSPS) is 12.1. The molecule has 6 heteroatoms. The number of nitrogens with two attached hydrogens (primary N) is 1. The van der Waals surface area contributed by atoms with E-state index in [0.29, 0.717) is 11.6 Å². The van der Waals surface area contributed by atoms with E-state index in [1.165, 1.54) is 0 Å². The van der Waals surface area contributed by atoms with Gasteiger partial charge in [0, 0.05) is 18.0 Å². The molecule has 0 aliphatic rings. The fraction of sp³-hybridized carbons (Fsp3) is 0.333. The molecule has 0 spiro atoms. The van der Waals surface area contributed by atoms with Crippen molar-refractivity contribution in [3.05, 3.63) is 34.9 Å². The second kappa shape index (κ2) is 6.98. The summed E-state index contributed by atoms with van der Waals surface area (Å²) in [4.78, 5) is 21.6. The number of halogens is 1. The number of hydrogen-bond acceptors (Lipinski definition) is 3. The van der Waals surface area contributed by atoms with E-state index < -0.39 is 17.9 Å². The molecule has 0 aromatic heterocycles. The Kier molecular flexibility index (Phi) is 5.61. The maximum Gasteiger partial charge on any atom is 0.320 e. The molecular weight excluding hydrogens is 256 g/mol. The standard InChI is InChI=1S/C12H15ClN2O3/c13-9-4-2-1-3-8(9)7-15-10(12(17)18)5-6-11(14)16/h1-4,10,15H,5-7H2,(H2,14,16)(H,17,18). The molecule has 0 aliphatic carbocycles. The number of carboxylic acid groups (broad SMARTS) is 1. The molecule has 0 fully saturated rings. The van der Waals surface area contributed by atoms with Gasteiger partial charge in [-0.1, -0.05) is 29.8 Å². The summed E-state index contributed by atoms with van der Waals surface area (Å²) < 4.78 is 0. The fourth-order valence-electron chi connectivity index (χ4n) is 1.47. The number of nitrogens with one attached hydrogen (secondary N) is 1. The van der Waals surface area contributed by atoms with Crippen LogP contribution in [0.25, 0.3) is 0 Å². The van der Waals surface area contributed by atoms with E-state index in [1.807, 2.05) is 12.1 Å². The molecule has 1 aromatic rings. The second-order valence-electron chi connectivity index (χ2n) is 3.87. The van der Waals surface area contributed by atoms with Gasteiger partial charge < -0.3 is 16.2 Å². The maximum absolute atomic E-state index is 11.0. The van der Waals surface area contributed by atoms with Gasteiger partial charge in [0.15, 0.2) is 0 Å². The van der Waals surface area contributed by atoms with Gasteiger partial charge in [0.05, 0.1) is 0 Å². The third-order valence-electron chi connectivity index (χ3n) is 2.47. The zero-order valence-corrected chi connectivity index (χ0v) is 10.5. The first-order valence-electron chi connectivity index (χ1n) is 5.48. The predicted octanol–water partition coefficient (Wildman–Crippen LogP) is 1.15. The van der Waals surface area contributed by atoms with Gasteiger partial charge in [-0.25, -0.2) is 0 Å². The molecule has 1 rings (SSSR count). The smallest absolute Gasteiger partial charge is 0.320 e. The molecule has 1 atom stereocenters. The fourth-order valence-corrected chi connectivity index (χ4v) is 1.68. The van der Waals surface area contributed by atoms with Crippen LogP contribution in [0.2, 0.25) is 5.02 Å². The van der Waals surface area contributed by atoms with Crippen molar-refractivity contribution in [1.29, 1.82) is 0 Å². The molecule has 1 aromatic carbocycles. The van der Waals surface area contributed by atoms with Crippen LogP contribution in [0.1, 0.15) is 18.4 Å². The molecule has 0 heterocycles. The quantitative estimate of drug-likeness (QED) is 0.693. The molecule has 0 aliphatic heterocycles. The van der Waals surface area contributed by atoms with Crippen LogP contribution in [0, 0.1) is 0 Å². The highest BCUT2D eigenvalue weighted by molar-refractivity contribution is 6.31. The zero-order valence-electron chi connectivity index (χ0n) is 9.73. The Bertz CT molecular complexity index is 437. The van der Waals surface area contributed by atoms with E-state index in [0.717, 1.165) is 5.56 Å². The number of rotatable bonds is 7. The van der Waals surface area contributed by atoms with Crippen LogP contribution >= 0.6 is 11.6 Å². The van der Waals surface area contributed by atoms with E-state index in [1.54, 1.807) is 12.1 Å². The van der Waals surface area contributed by atoms with Crippen LogP contribution in [0.3, 0.4) is 0 Å². The van der Waals surface area contributed by atoms with Crippen molar-refractivity contribution in [3.63, 3.8) is 0 Å². The average molecular weight is 271 g/mol. The van der Waals surface area contributed by atoms with Crippen LogP contribution in [0.4, 0.5) is 0 Å². The average Bonchev–Trinajstić information content (AvgIpc) is 2.30. The number of aliphatic carboxylic acids is 1. The number of primary amides is 1. The molecule has 1 unspecified atom stereocenters. The summed E-state index contributed by atoms with van der Waals surface area (Å²) in [6, 6.07) is 6.35. The largest absolute Gasteiger partial charge is 0.480 e. The van der Waals surface area contributed by atoms with Crippen molar-refractivity contribution in [2.75, 3.05) is 0 Å². The van der Waals surface area contributed by atoms with Crippen LogP contribution in [0.5, 0.6) is 0 Å². The van der Waals surface area contributed by atoms with Gasteiger partial charge >= 0.3 is 5.97 Å². The van der Waals surface area contributed by atoms with Crippen LogP contribution in [-0.2, 0) is 16.1 Å². The topological polar surface area (TPSA) is 92.4 Å². The van der Waals surface area contributed by atoms with E-state index >= 15 is 0 Å². The number of amides is 1. The minimum absolute atomic E-state index is 0.0342. The zero-order chi connectivity index (χ0) is 13.5. The number of carboxylic acids is 1. The monoisotopic (exact) mass is 270 g/mol. The van der Waals surface area contributed by atoms with E-state index in [9.17, 15) is 9.59 Å². The van der Waals surface area contributed by atoms with Gasteiger partial charge in [-0.15, -0.1) is 0 Å². The highest BCUT2D eigenvalue weighted by Gasteiger charge is 2.17. The molecule has 0 radical (unpaired) electrons. The lowest BCUT2D eigenvalue weighted by molar-refractivity contribution is -0.139. The number of hydrogen-bond donors (Lipinski definition) is 3. The molecule has 5 nitrogen and oxygen atoms in total. The first-order valence-corrected chi connectivity index (χ1v) is 5.86.